The molecule has 0 saturated heterocycles. The van der Waals surface area contributed by atoms with Gasteiger partial charge in [0, 0.05) is 0 Å². The zero-order valence-corrected chi connectivity index (χ0v) is 35.8. The summed E-state index contributed by atoms with van der Waals surface area (Å²) in [6, 6.07) is 27.3. The predicted molar refractivity (Wildman–Crippen MR) is 210 cm³/mol. The average Bonchev–Trinajstić information content (AvgIpc) is 3.91. The second-order valence-corrected chi connectivity index (χ2v) is 22.0. The van der Waals surface area contributed by atoms with E-state index in [1.807, 2.05) is 38.1 Å². The van der Waals surface area contributed by atoms with Gasteiger partial charge >= 0.3 is 320 Å². The predicted octanol–water partition coefficient (Wildman–Crippen LogP) is 7.21. The molecule has 0 spiro atoms. The Labute approximate surface area is 342 Å². The Morgan fingerprint density at radius 1 is 0.545 bits per heavy atom. The molecule has 278 valence electrons. The summed E-state index contributed by atoms with van der Waals surface area (Å²) in [5.41, 5.74) is 17.1. The third-order valence-electron chi connectivity index (χ3n) is 12.0. The van der Waals surface area contributed by atoms with Crippen LogP contribution in [0.25, 0.3) is 45.6 Å². The fourth-order valence-corrected chi connectivity index (χ4v) is 19.7. The molecule has 0 radical (unpaired) electrons. The number of furan rings is 2. The number of aryl methyl sites for hydroxylation is 4. The molecule has 9 rings (SSSR count). The van der Waals surface area contributed by atoms with Gasteiger partial charge in [-0.05, 0) is 0 Å². The molecule has 1 saturated carbocycles. The largest absolute Gasteiger partial charge is 1.00 e. The summed E-state index contributed by atoms with van der Waals surface area (Å²) in [5, 5.41) is 0. The molecule has 0 bridgehead atoms. The summed E-state index contributed by atoms with van der Waals surface area (Å²) in [4.78, 5) is 0. The van der Waals surface area contributed by atoms with E-state index in [1.54, 1.807) is 27.5 Å². The molecule has 2 unspecified atom stereocenters. The van der Waals surface area contributed by atoms with E-state index < -0.39 is 21.3 Å². The summed E-state index contributed by atoms with van der Waals surface area (Å²) in [6.45, 7) is 12.9. The van der Waals surface area contributed by atoms with Crippen LogP contribution in [0, 0.1) is 53.2 Å². The van der Waals surface area contributed by atoms with Gasteiger partial charge in [-0.3, -0.25) is 0 Å². The van der Waals surface area contributed by atoms with E-state index >= 15 is 0 Å². The van der Waals surface area contributed by atoms with E-state index in [0.29, 0.717) is 0 Å². The maximum Gasteiger partial charge on any atom is -1.00 e. The molecule has 2 atom stereocenters. The van der Waals surface area contributed by atoms with Crippen LogP contribution < -0.4 is 24.8 Å². The van der Waals surface area contributed by atoms with Gasteiger partial charge in [-0.2, -0.15) is 0 Å². The Morgan fingerprint density at radius 3 is 1.27 bits per heavy atom. The maximum atomic E-state index is 14.3. The first-order valence-electron chi connectivity index (χ1n) is 18.7. The third-order valence-corrected chi connectivity index (χ3v) is 21.3. The minimum Gasteiger partial charge on any atom is -1.00 e. The average molecular weight is 851 g/mol. The zero-order valence-electron chi connectivity index (χ0n) is 31.8. The fraction of sp³-hybridized carbons (Fsp3) is 0.229. The number of halogens is 4. The Balaban J connectivity index is 0.00000233. The first-order chi connectivity index (χ1) is 25.6. The van der Waals surface area contributed by atoms with E-state index in [2.05, 4.69) is 76.2 Å². The summed E-state index contributed by atoms with van der Waals surface area (Å²) in [5.74, 6) is 3.21. The van der Waals surface area contributed by atoms with Crippen molar-refractivity contribution < 1.29 is 63.7 Å². The van der Waals surface area contributed by atoms with Crippen molar-refractivity contribution in [1.82, 2.24) is 0 Å². The van der Waals surface area contributed by atoms with E-state index in [9.17, 15) is 8.78 Å². The van der Waals surface area contributed by atoms with Crippen molar-refractivity contribution in [2.75, 3.05) is 0 Å². The van der Waals surface area contributed by atoms with Crippen LogP contribution in [0.15, 0.2) is 93.8 Å². The minimum atomic E-state index is -2.92. The van der Waals surface area contributed by atoms with Gasteiger partial charge in [0.05, 0.1) is 0 Å². The molecule has 2 aromatic heterocycles. The molecule has 7 heteroatoms. The molecule has 0 N–H and O–H groups in total. The number of benzene rings is 4. The quantitative estimate of drug-likeness (QED) is 0.177. The van der Waals surface area contributed by atoms with Gasteiger partial charge in [-0.1, -0.05) is 0 Å². The van der Waals surface area contributed by atoms with Crippen LogP contribution in [0.2, 0.25) is 0 Å². The van der Waals surface area contributed by atoms with Gasteiger partial charge in [-0.25, -0.2) is 0 Å². The smallest absolute Gasteiger partial charge is 1.00 e. The normalized spacial score (nSPS) is 16.6. The zero-order chi connectivity index (χ0) is 36.7. The van der Waals surface area contributed by atoms with Crippen LogP contribution in [0.5, 0.6) is 0 Å². The van der Waals surface area contributed by atoms with Crippen molar-refractivity contribution in [2.45, 2.75) is 68.1 Å². The fourth-order valence-electron chi connectivity index (χ4n) is 9.00. The molecular weight excluding hydrogens is 809 g/mol. The van der Waals surface area contributed by atoms with Crippen molar-refractivity contribution in [3.8, 4) is 22.3 Å². The summed E-state index contributed by atoms with van der Waals surface area (Å²) < 4.78 is 43.8. The second kappa shape index (κ2) is 15.2. The first kappa shape index (κ1) is 39.4. The number of fused-ring (bicyclic) bond motifs is 2. The second-order valence-electron chi connectivity index (χ2n) is 15.2. The van der Waals surface area contributed by atoms with Gasteiger partial charge in [0.1, 0.15) is 0 Å². The molecule has 3 aliphatic carbocycles. The van der Waals surface area contributed by atoms with Crippen LogP contribution in [0.3, 0.4) is 0 Å². The number of allylic oxidation sites excluding steroid dienone is 2. The van der Waals surface area contributed by atoms with E-state index in [4.69, 9.17) is 8.83 Å². The third kappa shape index (κ3) is 6.65. The van der Waals surface area contributed by atoms with Crippen LogP contribution in [0.1, 0.15) is 94.1 Å². The van der Waals surface area contributed by atoms with E-state index in [-0.39, 0.29) is 43.7 Å². The van der Waals surface area contributed by atoms with Crippen molar-refractivity contribution >= 4 is 26.5 Å². The van der Waals surface area contributed by atoms with Gasteiger partial charge in [0.25, 0.3) is 0 Å². The summed E-state index contributed by atoms with van der Waals surface area (Å²) >= 11 is -2.92. The molecule has 1 fully saturated rings. The molecule has 3 aliphatic rings. The molecule has 2 nitrogen and oxygen atoms in total. The molecule has 4 aromatic carbocycles. The molecule has 0 aliphatic heterocycles. The van der Waals surface area contributed by atoms with Crippen molar-refractivity contribution in [2.24, 2.45) is 0 Å². The molecular formula is C48H42Cl2F2O2Zr. The SMILES string of the molecule is Cc1ccc(C2=Cc3c(cc(C)c(C)c3-c3ccc(F)cc3)[CH]2[Zr+2](=[C]2CCC2)[CH]2C(c3ccc(C)o3)=Cc3c2cc(C)c(C)c3-c2ccc(F)cc2)o1.[Cl-].[Cl-]. The van der Waals surface area contributed by atoms with Gasteiger partial charge < -0.3 is 24.8 Å². The molecule has 55 heavy (non-hydrogen) atoms. The summed E-state index contributed by atoms with van der Waals surface area (Å²) in [7, 11) is 0. The van der Waals surface area contributed by atoms with Crippen LogP contribution in [-0.2, 0) is 21.3 Å². The standard InChI is InChI=1S/2C22H18FO.C4H6.2ClH.Zr/c2*1-13-10-17-11-18(21-9-4-14(2)24-21)12-20(17)22(15(13)3)16-5-7-19(23)8-6-16;1-2-4-3-1;;;/h2*4-12H,1-3H3;1-3H2;2*1H;/q;;;;;+2/p-2. The molecule has 0 amide bonds. The number of hydrogen-bond donors (Lipinski definition) is 0. The summed E-state index contributed by atoms with van der Waals surface area (Å²) in [6.07, 6.45) is 8.35. The topological polar surface area (TPSA) is 26.3 Å². The van der Waals surface area contributed by atoms with E-state index in [0.717, 1.165) is 47.0 Å². The Kier molecular flexibility index (Phi) is 10.9. The van der Waals surface area contributed by atoms with Crippen molar-refractivity contribution in [3.05, 3.63) is 164 Å². The maximum absolute atomic E-state index is 14.3. The Morgan fingerprint density at radius 2 is 0.945 bits per heavy atom. The monoisotopic (exact) mass is 848 g/mol. The Hall–Kier alpha value is -3.89. The number of rotatable bonds is 6. The van der Waals surface area contributed by atoms with Crippen molar-refractivity contribution in [1.29, 1.82) is 0 Å². The molecule has 2 heterocycles. The first-order valence-corrected chi connectivity index (χ1v) is 22.7. The van der Waals surface area contributed by atoms with Crippen LogP contribution >= 0.6 is 0 Å². The van der Waals surface area contributed by atoms with Gasteiger partial charge in [-0.15, -0.1) is 0 Å². The van der Waals surface area contributed by atoms with Crippen LogP contribution in [0.4, 0.5) is 8.78 Å². The van der Waals surface area contributed by atoms with Crippen LogP contribution in [-0.4, -0.2) is 3.21 Å². The van der Waals surface area contributed by atoms with Crippen molar-refractivity contribution in [3.63, 3.8) is 0 Å². The molecule has 6 aromatic rings. The van der Waals surface area contributed by atoms with Gasteiger partial charge in [0.2, 0.25) is 0 Å². The number of hydrogen-bond acceptors (Lipinski definition) is 2. The van der Waals surface area contributed by atoms with E-state index in [1.165, 1.54) is 73.2 Å². The van der Waals surface area contributed by atoms with Gasteiger partial charge in [0.15, 0.2) is 0 Å². The Bertz CT molecular complexity index is 2390. The minimum absolute atomic E-state index is 0.